The van der Waals surface area contributed by atoms with E-state index in [0.717, 1.165) is 11.1 Å². The first kappa shape index (κ1) is 39.5. The van der Waals surface area contributed by atoms with Crippen LogP contribution in [0.3, 0.4) is 0 Å². The number of allylic oxidation sites excluding steroid dienone is 3. The SMILES string of the molecule is COc1cc2cc(c1Cl)N(C)C(=O)C[C@H](OC(=O)[C@H](C)N(C)C(=O)CCS)[C@@]1(C)O[C@H]1[C@H](C)[C@@H]1C[C@@](O)(NC(=O)O1)[C@H](OC)C=CC=C(C)C2. The van der Waals surface area contributed by atoms with Crippen LogP contribution in [-0.4, -0.2) is 110 Å². The van der Waals surface area contributed by atoms with Crippen LogP contribution in [0.5, 0.6) is 5.75 Å². The van der Waals surface area contributed by atoms with Crippen molar-refractivity contribution in [1.29, 1.82) is 0 Å². The number of alkyl carbamates (subject to hydrolysis) is 1. The number of likely N-dealkylation sites (N-methyl/N-ethyl adjacent to an activating group) is 1. The molecule has 0 spiro atoms. The molecule has 50 heavy (non-hydrogen) atoms. The van der Waals surface area contributed by atoms with Gasteiger partial charge in [-0.1, -0.05) is 42.3 Å². The number of ether oxygens (including phenoxy) is 5. The highest BCUT2D eigenvalue weighted by atomic mass is 35.5. The Morgan fingerprint density at radius 3 is 2.62 bits per heavy atom. The van der Waals surface area contributed by atoms with Crippen LogP contribution >= 0.6 is 24.2 Å². The maximum atomic E-state index is 14.0. The topological polar surface area (TPSA) is 156 Å². The molecule has 3 aliphatic heterocycles. The number of thiol groups is 1. The fraction of sp³-hybridized carbons (Fsp3) is 0.600. The lowest BCUT2D eigenvalue weighted by atomic mass is 9.83. The van der Waals surface area contributed by atoms with Crippen LogP contribution in [0.1, 0.15) is 52.5 Å². The molecule has 3 heterocycles. The Morgan fingerprint density at radius 2 is 1.98 bits per heavy atom. The number of hydrogen-bond donors (Lipinski definition) is 3. The first-order valence-corrected chi connectivity index (χ1v) is 17.5. The Bertz CT molecular complexity index is 1540. The molecule has 13 nitrogen and oxygen atoms in total. The fourth-order valence-electron chi connectivity index (χ4n) is 6.49. The predicted molar refractivity (Wildman–Crippen MR) is 189 cm³/mol. The molecule has 0 unspecified atom stereocenters. The summed E-state index contributed by atoms with van der Waals surface area (Å²) in [5, 5.41) is 14.4. The highest BCUT2D eigenvalue weighted by Gasteiger charge is 2.64. The minimum Gasteiger partial charge on any atom is -0.495 e. The van der Waals surface area contributed by atoms with Crippen molar-refractivity contribution in [2.24, 2.45) is 5.92 Å². The number of amides is 3. The van der Waals surface area contributed by atoms with Crippen molar-refractivity contribution >= 4 is 53.8 Å². The van der Waals surface area contributed by atoms with E-state index < -0.39 is 65.7 Å². The minimum atomic E-state index is -1.82. The number of carbonyl (C=O) groups excluding carboxylic acids is 4. The van der Waals surface area contributed by atoms with E-state index >= 15 is 0 Å². The van der Waals surface area contributed by atoms with E-state index in [9.17, 15) is 24.3 Å². The normalized spacial score (nSPS) is 30.7. The Balaban J connectivity index is 1.78. The summed E-state index contributed by atoms with van der Waals surface area (Å²) in [5.41, 5.74) is -0.903. The van der Waals surface area contributed by atoms with Crippen LogP contribution < -0.4 is 15.0 Å². The van der Waals surface area contributed by atoms with Crippen LogP contribution in [-0.2, 0) is 39.8 Å². The Hall–Kier alpha value is -3.30. The third kappa shape index (κ3) is 8.42. The monoisotopic (exact) mass is 737 g/mol. The number of aliphatic hydroxyl groups is 1. The summed E-state index contributed by atoms with van der Waals surface area (Å²) in [6, 6.07) is 2.60. The largest absolute Gasteiger partial charge is 0.495 e. The summed E-state index contributed by atoms with van der Waals surface area (Å²) in [6.07, 6.45) is 1.08. The second-order valence-corrected chi connectivity index (χ2v) is 14.2. The van der Waals surface area contributed by atoms with Crippen molar-refractivity contribution in [1.82, 2.24) is 10.2 Å². The van der Waals surface area contributed by atoms with Crippen LogP contribution in [0.25, 0.3) is 0 Å². The van der Waals surface area contributed by atoms with E-state index in [0.29, 0.717) is 23.6 Å². The van der Waals surface area contributed by atoms with Gasteiger partial charge in [-0.2, -0.15) is 12.6 Å². The number of anilines is 1. The predicted octanol–water partition coefficient (Wildman–Crippen LogP) is 3.83. The molecule has 276 valence electrons. The average molecular weight is 738 g/mol. The zero-order valence-electron chi connectivity index (χ0n) is 29.7. The summed E-state index contributed by atoms with van der Waals surface area (Å²) in [6.45, 7) is 6.96. The van der Waals surface area contributed by atoms with E-state index in [2.05, 4.69) is 17.9 Å². The van der Waals surface area contributed by atoms with E-state index in [1.807, 2.05) is 13.0 Å². The van der Waals surface area contributed by atoms with Gasteiger partial charge in [0.05, 0.1) is 25.3 Å². The van der Waals surface area contributed by atoms with Gasteiger partial charge < -0.3 is 38.6 Å². The molecule has 0 radical (unpaired) electrons. The summed E-state index contributed by atoms with van der Waals surface area (Å²) in [7, 11) is 5.98. The van der Waals surface area contributed by atoms with E-state index in [-0.39, 0.29) is 30.2 Å². The zero-order chi connectivity index (χ0) is 37.1. The second-order valence-electron chi connectivity index (χ2n) is 13.4. The maximum Gasteiger partial charge on any atom is 0.409 e. The molecule has 1 aromatic rings. The Kier molecular flexibility index (Phi) is 12.6. The van der Waals surface area contributed by atoms with Gasteiger partial charge in [-0.15, -0.1) is 0 Å². The Morgan fingerprint density at radius 1 is 1.28 bits per heavy atom. The van der Waals surface area contributed by atoms with Gasteiger partial charge in [0, 0.05) is 40.0 Å². The van der Waals surface area contributed by atoms with Gasteiger partial charge in [0.1, 0.15) is 40.7 Å². The molecule has 2 fully saturated rings. The number of epoxide rings is 1. The van der Waals surface area contributed by atoms with Crippen molar-refractivity contribution in [3.8, 4) is 5.75 Å². The first-order valence-electron chi connectivity index (χ1n) is 16.4. The molecule has 4 bridgehead atoms. The summed E-state index contributed by atoms with van der Waals surface area (Å²) in [5.74, 6) is -1.30. The Labute approximate surface area is 303 Å². The van der Waals surface area contributed by atoms with Crippen molar-refractivity contribution in [3.63, 3.8) is 0 Å². The van der Waals surface area contributed by atoms with Gasteiger partial charge in [-0.05, 0) is 50.6 Å². The van der Waals surface area contributed by atoms with Gasteiger partial charge in [0.15, 0.2) is 5.72 Å². The highest BCUT2D eigenvalue weighted by molar-refractivity contribution is 7.80. The third-order valence-corrected chi connectivity index (χ3v) is 10.5. The van der Waals surface area contributed by atoms with Gasteiger partial charge in [-0.25, -0.2) is 9.59 Å². The average Bonchev–Trinajstić information content (AvgIpc) is 3.76. The standard InChI is InChI=1S/C35H48ClN3O10S/c1-19-10-9-11-26(46-8)35(44)18-25(47-33(43)37-35)20(2)31-34(4,49-31)27(48-32(42)21(3)38(5)28(40)12-13-50)17-29(41)39(6)23-15-22(14-19)16-24(45-7)30(23)36/h9-11,15-16,20-21,25-27,31,44,50H,12-14,17-18H2,1-8H3,(H,37,43)/t20-,21+,25+,26-,27+,31+,34-,35+/m1/s1. The first-order chi connectivity index (χ1) is 23.5. The van der Waals surface area contributed by atoms with Gasteiger partial charge in [-0.3, -0.25) is 14.9 Å². The second kappa shape index (κ2) is 15.9. The number of benzene rings is 1. The van der Waals surface area contributed by atoms with Crippen molar-refractivity contribution in [2.45, 2.75) is 95.2 Å². The number of nitrogens with one attached hydrogen (secondary N) is 1. The molecule has 0 aliphatic carbocycles. The van der Waals surface area contributed by atoms with Crippen molar-refractivity contribution < 1.29 is 48.0 Å². The molecule has 0 saturated carbocycles. The molecule has 2 saturated heterocycles. The molecule has 3 aliphatic rings. The third-order valence-electron chi connectivity index (χ3n) is 9.85. The number of rotatable bonds is 7. The molecule has 1 aromatic carbocycles. The molecular weight excluding hydrogens is 690 g/mol. The highest BCUT2D eigenvalue weighted by Crippen LogP contribution is 2.49. The molecule has 15 heteroatoms. The maximum absolute atomic E-state index is 14.0. The molecule has 4 rings (SSSR count). The van der Waals surface area contributed by atoms with Crippen molar-refractivity contribution in [3.05, 3.63) is 46.5 Å². The number of halogens is 1. The number of hydrogen-bond acceptors (Lipinski definition) is 11. The molecule has 2 N–H and O–H groups in total. The van der Waals surface area contributed by atoms with E-state index in [4.69, 9.17) is 35.3 Å². The van der Waals surface area contributed by atoms with Crippen LogP contribution in [0, 0.1) is 5.92 Å². The van der Waals surface area contributed by atoms with Gasteiger partial charge >= 0.3 is 12.1 Å². The molecular formula is C35H48ClN3O10S. The smallest absolute Gasteiger partial charge is 0.409 e. The van der Waals surface area contributed by atoms with Crippen LogP contribution in [0.4, 0.5) is 10.5 Å². The van der Waals surface area contributed by atoms with Gasteiger partial charge in [0.25, 0.3) is 0 Å². The number of nitrogens with zero attached hydrogens (tertiary/aromatic N) is 2. The molecule has 0 aromatic heterocycles. The van der Waals surface area contributed by atoms with Crippen LogP contribution in [0.2, 0.25) is 5.02 Å². The van der Waals surface area contributed by atoms with Gasteiger partial charge in [0.2, 0.25) is 11.8 Å². The van der Waals surface area contributed by atoms with E-state index in [1.54, 1.807) is 45.2 Å². The summed E-state index contributed by atoms with van der Waals surface area (Å²) < 4.78 is 29.0. The lowest BCUT2D eigenvalue weighted by Gasteiger charge is -2.42. The quantitative estimate of drug-likeness (QED) is 0.214. The number of methoxy groups -OCH3 is 2. The minimum absolute atomic E-state index is 0.0489. The van der Waals surface area contributed by atoms with Crippen molar-refractivity contribution in [2.75, 3.05) is 39.0 Å². The lowest BCUT2D eigenvalue weighted by molar-refractivity contribution is -0.161. The number of fused-ring (bicyclic) bond motifs is 5. The summed E-state index contributed by atoms with van der Waals surface area (Å²) >= 11 is 10.8. The number of esters is 1. The van der Waals surface area contributed by atoms with Crippen LogP contribution in [0.15, 0.2) is 35.9 Å². The molecule has 8 atom stereocenters. The lowest BCUT2D eigenvalue weighted by Crippen LogP contribution is -2.63. The zero-order valence-corrected chi connectivity index (χ0v) is 31.4. The number of carbonyl (C=O) groups is 4. The molecule has 3 amide bonds. The van der Waals surface area contributed by atoms with E-state index in [1.165, 1.54) is 38.0 Å². The summed E-state index contributed by atoms with van der Waals surface area (Å²) in [4.78, 5) is 55.6. The fourth-order valence-corrected chi connectivity index (χ4v) is 6.99.